The van der Waals surface area contributed by atoms with Crippen molar-refractivity contribution in [2.24, 2.45) is 0 Å². The average Bonchev–Trinajstić information content (AvgIpc) is 2.42. The van der Waals surface area contributed by atoms with Crippen LogP contribution in [0, 0.1) is 0 Å². The fourth-order valence-corrected chi connectivity index (χ4v) is 2.49. The van der Waals surface area contributed by atoms with Gasteiger partial charge in [0.2, 0.25) is 0 Å². The van der Waals surface area contributed by atoms with Crippen molar-refractivity contribution in [2.45, 2.75) is 57.9 Å². The number of alkyl halides is 3. The summed E-state index contributed by atoms with van der Waals surface area (Å²) in [4.78, 5) is 0. The maximum Gasteiger partial charge on any atom is 0.534 e. The second-order valence-corrected chi connectivity index (χ2v) is 6.66. The zero-order chi connectivity index (χ0) is 16.8. The first-order valence-electron chi connectivity index (χ1n) is 7.33. The highest BCUT2D eigenvalue weighted by Crippen LogP contribution is 2.29. The van der Waals surface area contributed by atoms with Gasteiger partial charge in [-0.2, -0.15) is 21.6 Å². The number of benzene rings is 1. The first-order chi connectivity index (χ1) is 10.2. The van der Waals surface area contributed by atoms with Gasteiger partial charge in [-0.25, -0.2) is 0 Å². The van der Waals surface area contributed by atoms with Crippen molar-refractivity contribution in [3.63, 3.8) is 0 Å². The van der Waals surface area contributed by atoms with Gasteiger partial charge in [0.05, 0.1) is 0 Å². The van der Waals surface area contributed by atoms with E-state index in [1.807, 2.05) is 6.92 Å². The molecule has 1 aromatic carbocycles. The standard InChI is InChI=1S/C15H21F3O3S/c1-3-5-7-12-9-10-14(11-13(12)8-6-4-2)21-22(19,20)15(16,17)18/h9-11H,3-8H2,1-2H3. The Labute approximate surface area is 129 Å². The third kappa shape index (κ3) is 5.19. The first-order valence-corrected chi connectivity index (χ1v) is 8.74. The van der Waals surface area contributed by atoms with Crippen LogP contribution in [0.25, 0.3) is 0 Å². The fourth-order valence-electron chi connectivity index (χ4n) is 2.04. The second-order valence-electron chi connectivity index (χ2n) is 5.12. The summed E-state index contributed by atoms with van der Waals surface area (Å²) < 4.78 is 63.4. The van der Waals surface area contributed by atoms with Crippen molar-refractivity contribution in [3.05, 3.63) is 29.3 Å². The second kappa shape index (κ2) is 7.85. The molecule has 0 spiro atoms. The van der Waals surface area contributed by atoms with Crippen LogP contribution in [0.4, 0.5) is 13.2 Å². The van der Waals surface area contributed by atoms with E-state index in [4.69, 9.17) is 0 Å². The zero-order valence-corrected chi connectivity index (χ0v) is 13.6. The van der Waals surface area contributed by atoms with E-state index in [2.05, 4.69) is 11.1 Å². The van der Waals surface area contributed by atoms with Crippen LogP contribution in [0.5, 0.6) is 5.75 Å². The van der Waals surface area contributed by atoms with Crippen LogP contribution in [-0.2, 0) is 23.0 Å². The largest absolute Gasteiger partial charge is 0.534 e. The summed E-state index contributed by atoms with van der Waals surface area (Å²) in [5.41, 5.74) is -3.53. The highest BCUT2D eigenvalue weighted by Gasteiger charge is 2.48. The van der Waals surface area contributed by atoms with Crippen LogP contribution in [0.1, 0.15) is 50.7 Å². The molecule has 22 heavy (non-hydrogen) atoms. The van der Waals surface area contributed by atoms with Crippen molar-refractivity contribution in [1.29, 1.82) is 0 Å². The van der Waals surface area contributed by atoms with E-state index in [9.17, 15) is 21.6 Å². The van der Waals surface area contributed by atoms with E-state index in [1.54, 1.807) is 6.07 Å². The summed E-state index contributed by atoms with van der Waals surface area (Å²) in [6, 6.07) is 4.34. The van der Waals surface area contributed by atoms with Crippen LogP contribution in [0.2, 0.25) is 0 Å². The lowest BCUT2D eigenvalue weighted by molar-refractivity contribution is -0.0500. The van der Waals surface area contributed by atoms with Crippen molar-refractivity contribution >= 4 is 10.1 Å². The lowest BCUT2D eigenvalue weighted by Crippen LogP contribution is -2.28. The summed E-state index contributed by atoms with van der Waals surface area (Å²) >= 11 is 0. The van der Waals surface area contributed by atoms with E-state index >= 15 is 0 Å². The molecule has 1 rings (SSSR count). The maximum absolute atomic E-state index is 12.4. The highest BCUT2D eigenvalue weighted by atomic mass is 32.2. The van der Waals surface area contributed by atoms with Crippen molar-refractivity contribution in [1.82, 2.24) is 0 Å². The molecule has 0 unspecified atom stereocenters. The molecule has 0 atom stereocenters. The molecule has 3 nitrogen and oxygen atoms in total. The van der Waals surface area contributed by atoms with Gasteiger partial charge in [-0.1, -0.05) is 32.8 Å². The molecule has 0 saturated heterocycles. The SMILES string of the molecule is CCCCc1ccc(OS(=O)(=O)C(F)(F)F)cc1CCCC. The monoisotopic (exact) mass is 338 g/mol. The minimum absolute atomic E-state index is 0.288. The molecule has 126 valence electrons. The Hall–Kier alpha value is -1.24. The van der Waals surface area contributed by atoms with Crippen LogP contribution < -0.4 is 4.18 Å². The number of aryl methyl sites for hydroxylation is 2. The summed E-state index contributed by atoms with van der Waals surface area (Å²) in [5.74, 6) is -0.288. The molecular weight excluding hydrogens is 317 g/mol. The Bertz CT molecular complexity index is 580. The van der Waals surface area contributed by atoms with Gasteiger partial charge in [-0.3, -0.25) is 0 Å². The van der Waals surface area contributed by atoms with E-state index in [-0.39, 0.29) is 5.75 Å². The Morgan fingerprint density at radius 2 is 1.55 bits per heavy atom. The summed E-state index contributed by atoms with van der Waals surface area (Å²) in [6.07, 6.45) is 5.32. The predicted octanol–water partition coefficient (Wildman–Crippen LogP) is 4.60. The quantitative estimate of drug-likeness (QED) is 0.514. The van der Waals surface area contributed by atoms with Crippen LogP contribution in [0.15, 0.2) is 18.2 Å². The third-order valence-electron chi connectivity index (χ3n) is 3.27. The number of hydrogen-bond donors (Lipinski definition) is 0. The first kappa shape index (κ1) is 18.8. The molecule has 0 amide bonds. The molecule has 0 bridgehead atoms. The number of halogens is 3. The molecule has 0 aliphatic rings. The van der Waals surface area contributed by atoms with E-state index < -0.39 is 15.6 Å². The van der Waals surface area contributed by atoms with Crippen LogP contribution >= 0.6 is 0 Å². The van der Waals surface area contributed by atoms with Gasteiger partial charge in [0.1, 0.15) is 5.75 Å². The maximum atomic E-state index is 12.4. The Morgan fingerprint density at radius 3 is 2.05 bits per heavy atom. The molecule has 0 N–H and O–H groups in total. The number of hydrogen-bond acceptors (Lipinski definition) is 3. The minimum atomic E-state index is -5.62. The molecule has 0 fully saturated rings. The van der Waals surface area contributed by atoms with E-state index in [0.29, 0.717) is 6.42 Å². The molecule has 1 aromatic rings. The Kier molecular flexibility index (Phi) is 6.71. The van der Waals surface area contributed by atoms with Gasteiger partial charge in [0.15, 0.2) is 0 Å². The molecule has 0 aliphatic heterocycles. The van der Waals surface area contributed by atoms with Gasteiger partial charge in [-0.15, -0.1) is 0 Å². The van der Waals surface area contributed by atoms with Gasteiger partial charge in [0.25, 0.3) is 0 Å². The molecule has 0 heterocycles. The number of rotatable bonds is 8. The van der Waals surface area contributed by atoms with Crippen LogP contribution in [0.3, 0.4) is 0 Å². The lowest BCUT2D eigenvalue weighted by Gasteiger charge is -2.13. The van der Waals surface area contributed by atoms with Crippen molar-refractivity contribution in [3.8, 4) is 5.75 Å². The zero-order valence-electron chi connectivity index (χ0n) is 12.7. The Morgan fingerprint density at radius 1 is 1.00 bits per heavy atom. The molecule has 0 radical (unpaired) electrons. The smallest absolute Gasteiger partial charge is 0.376 e. The molecule has 0 aromatic heterocycles. The summed E-state index contributed by atoms with van der Waals surface area (Å²) in [7, 11) is -5.62. The molecular formula is C15H21F3O3S. The number of unbranched alkanes of at least 4 members (excludes halogenated alkanes) is 2. The predicted molar refractivity (Wildman–Crippen MR) is 79.3 cm³/mol. The Balaban J connectivity index is 3.03. The third-order valence-corrected chi connectivity index (χ3v) is 4.25. The summed E-state index contributed by atoms with van der Waals surface area (Å²) in [5, 5.41) is 0. The minimum Gasteiger partial charge on any atom is -0.376 e. The van der Waals surface area contributed by atoms with Gasteiger partial charge in [0, 0.05) is 0 Å². The average molecular weight is 338 g/mol. The topological polar surface area (TPSA) is 43.4 Å². The van der Waals surface area contributed by atoms with E-state index in [0.717, 1.165) is 43.2 Å². The van der Waals surface area contributed by atoms with E-state index in [1.165, 1.54) is 12.1 Å². The molecule has 7 heteroatoms. The highest BCUT2D eigenvalue weighted by molar-refractivity contribution is 7.87. The fraction of sp³-hybridized carbons (Fsp3) is 0.600. The van der Waals surface area contributed by atoms with Gasteiger partial charge >= 0.3 is 15.6 Å². The lowest BCUT2D eigenvalue weighted by atomic mass is 9.98. The molecule has 0 aliphatic carbocycles. The van der Waals surface area contributed by atoms with Crippen molar-refractivity contribution < 1.29 is 25.8 Å². The van der Waals surface area contributed by atoms with Crippen molar-refractivity contribution in [2.75, 3.05) is 0 Å². The summed E-state index contributed by atoms with van der Waals surface area (Å²) in [6.45, 7) is 4.07. The van der Waals surface area contributed by atoms with Gasteiger partial charge in [-0.05, 0) is 48.9 Å². The normalized spacial score (nSPS) is 12.4. The van der Waals surface area contributed by atoms with Gasteiger partial charge < -0.3 is 4.18 Å². The molecule has 0 saturated carbocycles. The van der Waals surface area contributed by atoms with Crippen LogP contribution in [-0.4, -0.2) is 13.9 Å².